The first-order valence-corrected chi connectivity index (χ1v) is 12.5. The maximum atomic E-state index is 4.78. The normalized spacial score (nSPS) is 11.3. The minimum atomic E-state index is -0.682. The zero-order chi connectivity index (χ0) is 22.0. The molecule has 33 heavy (non-hydrogen) atoms. The number of hydrogen-bond donors (Lipinski definition) is 0. The first-order valence-electron chi connectivity index (χ1n) is 11.2. The zero-order valence-corrected chi connectivity index (χ0v) is 19.0. The van der Waals surface area contributed by atoms with Crippen molar-refractivity contribution < 1.29 is 0 Å². The van der Waals surface area contributed by atoms with Gasteiger partial charge in [0.15, 0.2) is 0 Å². The number of aromatic nitrogens is 1. The van der Waals surface area contributed by atoms with Gasteiger partial charge in [-0.3, -0.25) is 4.98 Å². The molecule has 156 valence electrons. The Morgan fingerprint density at radius 2 is 1.12 bits per heavy atom. The molecule has 6 aromatic rings. The molecule has 5 aromatic carbocycles. The molecule has 0 saturated heterocycles. The summed E-state index contributed by atoms with van der Waals surface area (Å²) in [6.07, 6.45) is 1.91. The molecule has 0 saturated carbocycles. The highest BCUT2D eigenvalue weighted by molar-refractivity contribution is 7.80. The van der Waals surface area contributed by atoms with Crippen molar-refractivity contribution >= 4 is 45.4 Å². The number of hydrogen-bond acceptors (Lipinski definition) is 1. The summed E-state index contributed by atoms with van der Waals surface area (Å²) in [5.74, 6) is 0. The summed E-state index contributed by atoms with van der Waals surface area (Å²) in [5.41, 5.74) is 2.19. The molecular weight excluding hydrogens is 417 g/mol. The van der Waals surface area contributed by atoms with Gasteiger partial charge in [-0.25, -0.2) is 0 Å². The SMILES string of the molecule is c1ccc(P(c2ccccc2)c2cccc3ccc(-c4nccc5ccccc45)cc23)cc1. The van der Waals surface area contributed by atoms with Crippen molar-refractivity contribution in [2.45, 2.75) is 0 Å². The first kappa shape index (κ1) is 19.9. The van der Waals surface area contributed by atoms with Gasteiger partial charge in [-0.05, 0) is 52.1 Å². The van der Waals surface area contributed by atoms with E-state index in [9.17, 15) is 0 Å². The van der Waals surface area contributed by atoms with E-state index in [1.165, 1.54) is 37.5 Å². The molecule has 1 nitrogen and oxygen atoms in total. The Hall–Kier alpha value is -3.80. The minimum absolute atomic E-state index is 0.682. The smallest absolute Gasteiger partial charge is 0.0780 e. The van der Waals surface area contributed by atoms with E-state index in [0.29, 0.717) is 0 Å². The summed E-state index contributed by atoms with van der Waals surface area (Å²) in [7, 11) is -0.682. The Morgan fingerprint density at radius 3 is 1.88 bits per heavy atom. The number of pyridine rings is 1. The summed E-state index contributed by atoms with van der Waals surface area (Å²) in [4.78, 5) is 4.78. The van der Waals surface area contributed by atoms with Crippen molar-refractivity contribution in [3.8, 4) is 11.3 Å². The van der Waals surface area contributed by atoms with E-state index in [4.69, 9.17) is 4.98 Å². The minimum Gasteiger partial charge on any atom is -0.256 e. The lowest BCUT2D eigenvalue weighted by Gasteiger charge is -2.21. The van der Waals surface area contributed by atoms with Gasteiger partial charge in [0.05, 0.1) is 5.69 Å². The Kier molecular flexibility index (Phi) is 5.19. The molecule has 0 atom stereocenters. The molecule has 1 aromatic heterocycles. The third kappa shape index (κ3) is 3.71. The lowest BCUT2D eigenvalue weighted by atomic mass is 10.0. The van der Waals surface area contributed by atoms with E-state index in [-0.39, 0.29) is 0 Å². The van der Waals surface area contributed by atoms with Crippen molar-refractivity contribution in [1.82, 2.24) is 4.98 Å². The zero-order valence-electron chi connectivity index (χ0n) is 18.1. The third-order valence-electron chi connectivity index (χ3n) is 6.08. The lowest BCUT2D eigenvalue weighted by Crippen LogP contribution is -2.21. The van der Waals surface area contributed by atoms with Crippen molar-refractivity contribution in [1.29, 1.82) is 0 Å². The van der Waals surface area contributed by atoms with Gasteiger partial charge in [0.25, 0.3) is 0 Å². The Balaban J connectivity index is 1.60. The highest BCUT2D eigenvalue weighted by Gasteiger charge is 2.19. The predicted molar refractivity (Wildman–Crippen MR) is 143 cm³/mol. The second kappa shape index (κ2) is 8.62. The fourth-order valence-corrected chi connectivity index (χ4v) is 6.99. The van der Waals surface area contributed by atoms with Crippen molar-refractivity contribution in [2.24, 2.45) is 0 Å². The maximum Gasteiger partial charge on any atom is 0.0780 e. The van der Waals surface area contributed by atoms with Gasteiger partial charge in [-0.1, -0.05) is 115 Å². The Bertz CT molecular complexity index is 1510. The van der Waals surface area contributed by atoms with Crippen LogP contribution in [0.4, 0.5) is 0 Å². The molecule has 0 radical (unpaired) electrons. The van der Waals surface area contributed by atoms with Crippen LogP contribution in [0.25, 0.3) is 32.8 Å². The van der Waals surface area contributed by atoms with Crippen LogP contribution in [-0.2, 0) is 0 Å². The van der Waals surface area contributed by atoms with Crippen LogP contribution in [0.3, 0.4) is 0 Å². The van der Waals surface area contributed by atoms with Crippen LogP contribution in [0.5, 0.6) is 0 Å². The molecule has 0 unspecified atom stereocenters. The molecule has 0 spiro atoms. The topological polar surface area (TPSA) is 12.9 Å². The molecule has 2 heteroatoms. The molecule has 0 fully saturated rings. The van der Waals surface area contributed by atoms with Crippen LogP contribution in [0, 0.1) is 0 Å². The van der Waals surface area contributed by atoms with Crippen molar-refractivity contribution in [3.05, 3.63) is 134 Å². The Morgan fingerprint density at radius 1 is 0.485 bits per heavy atom. The van der Waals surface area contributed by atoms with E-state index in [0.717, 1.165) is 11.3 Å². The van der Waals surface area contributed by atoms with E-state index >= 15 is 0 Å². The summed E-state index contributed by atoms with van der Waals surface area (Å²) in [5, 5.41) is 9.05. The van der Waals surface area contributed by atoms with E-state index in [1.54, 1.807) is 0 Å². The molecule has 0 amide bonds. The monoisotopic (exact) mass is 439 g/mol. The van der Waals surface area contributed by atoms with E-state index in [2.05, 4.69) is 127 Å². The quantitative estimate of drug-likeness (QED) is 0.275. The van der Waals surface area contributed by atoms with Gasteiger partial charge in [-0.2, -0.15) is 0 Å². The van der Waals surface area contributed by atoms with E-state index < -0.39 is 7.92 Å². The van der Waals surface area contributed by atoms with Crippen LogP contribution < -0.4 is 15.9 Å². The highest BCUT2D eigenvalue weighted by Crippen LogP contribution is 2.37. The van der Waals surface area contributed by atoms with Gasteiger partial charge in [0.1, 0.15) is 0 Å². The molecule has 0 aliphatic heterocycles. The van der Waals surface area contributed by atoms with Crippen LogP contribution in [-0.4, -0.2) is 4.98 Å². The second-order valence-electron chi connectivity index (χ2n) is 8.10. The van der Waals surface area contributed by atoms with Crippen LogP contribution in [0.15, 0.2) is 134 Å². The van der Waals surface area contributed by atoms with Gasteiger partial charge in [-0.15, -0.1) is 0 Å². The summed E-state index contributed by atoms with van der Waals surface area (Å²) in [6, 6.07) is 45.8. The van der Waals surface area contributed by atoms with Gasteiger partial charge in [0, 0.05) is 17.1 Å². The van der Waals surface area contributed by atoms with Gasteiger partial charge < -0.3 is 0 Å². The number of fused-ring (bicyclic) bond motifs is 2. The molecule has 1 heterocycles. The highest BCUT2D eigenvalue weighted by atomic mass is 31.1. The molecule has 0 aliphatic rings. The summed E-state index contributed by atoms with van der Waals surface area (Å²) < 4.78 is 0. The number of rotatable bonds is 4. The van der Waals surface area contributed by atoms with Crippen LogP contribution in [0.2, 0.25) is 0 Å². The maximum absolute atomic E-state index is 4.78. The average molecular weight is 439 g/mol. The largest absolute Gasteiger partial charge is 0.256 e. The lowest BCUT2D eigenvalue weighted by molar-refractivity contribution is 1.36. The fraction of sp³-hybridized carbons (Fsp3) is 0. The average Bonchev–Trinajstić information content (AvgIpc) is 2.90. The van der Waals surface area contributed by atoms with Crippen LogP contribution >= 0.6 is 7.92 Å². The molecule has 0 aliphatic carbocycles. The summed E-state index contributed by atoms with van der Waals surface area (Å²) >= 11 is 0. The Labute approximate surface area is 195 Å². The molecular formula is C31H22NP. The number of nitrogens with zero attached hydrogens (tertiary/aromatic N) is 1. The van der Waals surface area contributed by atoms with Gasteiger partial charge in [0.2, 0.25) is 0 Å². The molecule has 6 rings (SSSR count). The van der Waals surface area contributed by atoms with Gasteiger partial charge >= 0.3 is 0 Å². The predicted octanol–water partition coefficient (Wildman–Crippen LogP) is 6.81. The van der Waals surface area contributed by atoms with Crippen LogP contribution in [0.1, 0.15) is 0 Å². The third-order valence-corrected chi connectivity index (χ3v) is 8.58. The second-order valence-corrected chi connectivity index (χ2v) is 10.3. The van der Waals surface area contributed by atoms with Crippen molar-refractivity contribution in [3.63, 3.8) is 0 Å². The van der Waals surface area contributed by atoms with E-state index in [1.807, 2.05) is 6.20 Å². The molecule has 0 bridgehead atoms. The first-order chi connectivity index (χ1) is 16.4. The summed E-state index contributed by atoms with van der Waals surface area (Å²) in [6.45, 7) is 0. The van der Waals surface area contributed by atoms with Crippen molar-refractivity contribution in [2.75, 3.05) is 0 Å². The molecule has 0 N–H and O–H groups in total. The fourth-order valence-electron chi connectivity index (χ4n) is 4.53. The standard InChI is InChI=1S/C31H22NP/c1-3-12-26(13-4-1)33(27-14-5-2-6-15-27)30-17-9-11-23-18-19-25(22-29(23)30)31-28-16-8-7-10-24(28)20-21-32-31/h1-22H. The number of benzene rings is 5.